The molecule has 2 N–H and O–H groups in total. The first-order valence-corrected chi connectivity index (χ1v) is 12.8. The van der Waals surface area contributed by atoms with E-state index < -0.39 is 11.9 Å². The third-order valence-electron chi connectivity index (χ3n) is 6.49. The Kier molecular flexibility index (Phi) is 8.82. The Labute approximate surface area is 223 Å². The first-order chi connectivity index (χ1) is 17.8. The third kappa shape index (κ3) is 6.30. The van der Waals surface area contributed by atoms with Gasteiger partial charge in [-0.15, -0.1) is 0 Å². The molecule has 2 aliphatic rings. The Morgan fingerprint density at radius 1 is 1.22 bits per heavy atom. The maximum atomic E-state index is 16.5. The van der Waals surface area contributed by atoms with Crippen LogP contribution in [0.5, 0.6) is 0 Å². The summed E-state index contributed by atoms with van der Waals surface area (Å²) < 4.78 is 22.1. The second-order valence-corrected chi connectivity index (χ2v) is 9.93. The Morgan fingerprint density at radius 2 is 1.92 bits per heavy atom. The molecule has 1 atom stereocenters. The Balaban J connectivity index is 1.78. The molecule has 1 unspecified atom stereocenters. The van der Waals surface area contributed by atoms with Crippen molar-refractivity contribution in [2.45, 2.75) is 13.0 Å². The van der Waals surface area contributed by atoms with Gasteiger partial charge in [-0.25, -0.2) is 9.38 Å². The molecule has 0 amide bonds. The topological polar surface area (TPSA) is 60.3 Å². The first-order valence-electron chi connectivity index (χ1n) is 12.4. The lowest BCUT2D eigenvalue weighted by Gasteiger charge is -2.32. The Bertz CT molecular complexity index is 1290. The highest BCUT2D eigenvalue weighted by molar-refractivity contribution is 6.41. The van der Waals surface area contributed by atoms with Gasteiger partial charge in [-0.3, -0.25) is 0 Å². The van der Waals surface area contributed by atoms with Crippen LogP contribution in [0.4, 0.5) is 4.39 Å². The number of ether oxygens (including phenoxy) is 1. The van der Waals surface area contributed by atoms with Crippen molar-refractivity contribution in [3.8, 4) is 0 Å². The molecular formula is C29H34ClFN4O2. The molecule has 2 aromatic carbocycles. The van der Waals surface area contributed by atoms with Gasteiger partial charge in [0.1, 0.15) is 18.4 Å². The van der Waals surface area contributed by atoms with Gasteiger partial charge >= 0.3 is 0 Å². The smallest absolute Gasteiger partial charge is 0.206 e. The average Bonchev–Trinajstić information content (AvgIpc) is 2.89. The fourth-order valence-electron chi connectivity index (χ4n) is 4.68. The highest BCUT2D eigenvalue weighted by atomic mass is 35.5. The highest BCUT2D eigenvalue weighted by Gasteiger charge is 2.29. The van der Waals surface area contributed by atoms with Crippen LogP contribution < -0.4 is 5.32 Å². The van der Waals surface area contributed by atoms with Crippen molar-refractivity contribution in [1.29, 1.82) is 0 Å². The van der Waals surface area contributed by atoms with Crippen LogP contribution in [0.1, 0.15) is 12.5 Å². The molecule has 2 aromatic rings. The molecule has 0 saturated carbocycles. The predicted octanol–water partition coefficient (Wildman–Crippen LogP) is 4.69. The third-order valence-corrected chi connectivity index (χ3v) is 6.79. The summed E-state index contributed by atoms with van der Waals surface area (Å²) in [7, 11) is 3.72. The van der Waals surface area contributed by atoms with Gasteiger partial charge in [0, 0.05) is 49.6 Å². The van der Waals surface area contributed by atoms with Gasteiger partial charge in [-0.1, -0.05) is 54.1 Å². The number of benzene rings is 2. The highest BCUT2D eigenvalue weighted by Crippen LogP contribution is 2.41. The maximum Gasteiger partial charge on any atom is 0.206 e. The molecule has 1 saturated heterocycles. The number of nitrogens with zero attached hydrogens (tertiary/aromatic N) is 3. The van der Waals surface area contributed by atoms with Crippen LogP contribution in [0.2, 0.25) is 0 Å². The van der Waals surface area contributed by atoms with Crippen LogP contribution in [0.25, 0.3) is 16.3 Å². The zero-order valence-corrected chi connectivity index (χ0v) is 22.4. The van der Waals surface area contributed by atoms with Gasteiger partial charge in [-0.05, 0) is 50.0 Å². The SMILES string of the molecule is C=C(/N=C1/C(F)=C(c2cccc3ccccc23)C(Cl)=C/C1=C(/C)N1CCNCC1)OCC(O)CN(C)C. The Morgan fingerprint density at radius 3 is 2.65 bits per heavy atom. The molecule has 6 nitrogen and oxygen atoms in total. The summed E-state index contributed by atoms with van der Waals surface area (Å²) in [5.74, 6) is -0.510. The average molecular weight is 525 g/mol. The van der Waals surface area contributed by atoms with E-state index in [1.54, 1.807) is 6.08 Å². The molecule has 0 bridgehead atoms. The van der Waals surface area contributed by atoms with Gasteiger partial charge in [-0.2, -0.15) is 0 Å². The summed E-state index contributed by atoms with van der Waals surface area (Å²) in [5, 5.41) is 15.7. The molecule has 1 aliphatic heterocycles. The summed E-state index contributed by atoms with van der Waals surface area (Å²) in [6, 6.07) is 13.6. The number of rotatable bonds is 8. The molecule has 1 fully saturated rings. The van der Waals surface area contributed by atoms with E-state index in [4.69, 9.17) is 16.3 Å². The minimum Gasteiger partial charge on any atom is -0.475 e. The van der Waals surface area contributed by atoms with E-state index in [2.05, 4.69) is 21.8 Å². The number of likely N-dealkylation sites (N-methyl/N-ethyl adjacent to an activating group) is 1. The van der Waals surface area contributed by atoms with Crippen LogP contribution >= 0.6 is 11.6 Å². The monoisotopic (exact) mass is 524 g/mol. The van der Waals surface area contributed by atoms with Gasteiger partial charge in [0.15, 0.2) is 5.83 Å². The van der Waals surface area contributed by atoms with Gasteiger partial charge in [0.25, 0.3) is 0 Å². The number of halogens is 2. The molecule has 0 spiro atoms. The van der Waals surface area contributed by atoms with Crippen LogP contribution in [0.3, 0.4) is 0 Å². The number of aliphatic hydroxyl groups is 1. The van der Waals surface area contributed by atoms with Crippen LogP contribution in [-0.2, 0) is 4.74 Å². The van der Waals surface area contributed by atoms with Crippen molar-refractivity contribution >= 4 is 33.7 Å². The van der Waals surface area contributed by atoms with Gasteiger partial charge < -0.3 is 25.0 Å². The lowest BCUT2D eigenvalue weighted by molar-refractivity contribution is 0.0536. The lowest BCUT2D eigenvalue weighted by atomic mass is 9.90. The quantitative estimate of drug-likeness (QED) is 0.491. The van der Waals surface area contributed by atoms with E-state index in [0.29, 0.717) is 22.7 Å². The van der Waals surface area contributed by atoms with Crippen molar-refractivity contribution in [1.82, 2.24) is 15.1 Å². The molecule has 0 aromatic heterocycles. The van der Waals surface area contributed by atoms with Crippen LogP contribution in [0, 0.1) is 0 Å². The molecule has 37 heavy (non-hydrogen) atoms. The standard InChI is InChI=1S/C29H34ClFN4O2/c1-19(35-14-12-32-13-15-35)25-16-26(30)27(24-11-7-9-21-8-5-6-10-23(21)24)28(31)29(25)33-20(2)37-18-22(36)17-34(3)4/h5-11,16,22,32,36H,2,12-15,17-18H2,1,3-4H3/b25-19+,33-29+. The second kappa shape index (κ2) is 12.0. The van der Waals surface area contributed by atoms with Crippen LogP contribution in [0.15, 0.2) is 88.1 Å². The number of hydrogen-bond acceptors (Lipinski definition) is 6. The maximum absolute atomic E-state index is 16.5. The van der Waals surface area contributed by atoms with E-state index in [0.717, 1.165) is 42.6 Å². The van der Waals surface area contributed by atoms with E-state index in [9.17, 15) is 5.11 Å². The van der Waals surface area contributed by atoms with E-state index in [-0.39, 0.29) is 23.8 Å². The molecule has 196 valence electrons. The zero-order valence-electron chi connectivity index (χ0n) is 21.6. The summed E-state index contributed by atoms with van der Waals surface area (Å²) in [6.45, 7) is 9.54. The van der Waals surface area contributed by atoms with E-state index in [1.807, 2.05) is 68.4 Å². The number of piperazine rings is 1. The first kappa shape index (κ1) is 27.1. The molecule has 1 heterocycles. The summed E-state index contributed by atoms with van der Waals surface area (Å²) >= 11 is 6.80. The van der Waals surface area contributed by atoms with Crippen molar-refractivity contribution in [3.63, 3.8) is 0 Å². The Hall–Kier alpha value is -2.97. The summed E-state index contributed by atoms with van der Waals surface area (Å²) in [5.41, 5.74) is 2.57. The van der Waals surface area contributed by atoms with Crippen molar-refractivity contribution in [3.05, 3.63) is 88.7 Å². The van der Waals surface area contributed by atoms with Crippen LogP contribution in [-0.4, -0.2) is 80.1 Å². The van der Waals surface area contributed by atoms with Gasteiger partial charge in [0.05, 0.1) is 5.03 Å². The van der Waals surface area contributed by atoms with Crippen molar-refractivity contribution < 1.29 is 14.2 Å². The molecule has 4 rings (SSSR count). The number of allylic oxidation sites excluding steroid dienone is 6. The number of fused-ring (bicyclic) bond motifs is 1. The number of nitrogens with one attached hydrogen (secondary N) is 1. The minimum absolute atomic E-state index is 0.00171. The second-order valence-electron chi connectivity index (χ2n) is 9.53. The minimum atomic E-state index is -0.725. The molecule has 1 aliphatic carbocycles. The predicted molar refractivity (Wildman–Crippen MR) is 150 cm³/mol. The number of aliphatic imine (C=N–C) groups is 1. The lowest BCUT2D eigenvalue weighted by Crippen LogP contribution is -2.43. The summed E-state index contributed by atoms with van der Waals surface area (Å²) in [6.07, 6.45) is 1.06. The molecule has 0 radical (unpaired) electrons. The zero-order chi connectivity index (χ0) is 26.5. The van der Waals surface area contributed by atoms with Crippen molar-refractivity contribution in [2.24, 2.45) is 4.99 Å². The largest absolute Gasteiger partial charge is 0.475 e. The number of aliphatic hydroxyl groups excluding tert-OH is 1. The molecular weight excluding hydrogens is 491 g/mol. The van der Waals surface area contributed by atoms with Gasteiger partial charge in [0.2, 0.25) is 5.88 Å². The number of hydrogen-bond donors (Lipinski definition) is 2. The fraction of sp³-hybridized carbons (Fsp3) is 0.345. The fourth-order valence-corrected chi connectivity index (χ4v) is 4.97. The summed E-state index contributed by atoms with van der Waals surface area (Å²) in [4.78, 5) is 8.55. The van der Waals surface area contributed by atoms with E-state index in [1.165, 1.54) is 0 Å². The van der Waals surface area contributed by atoms with Crippen molar-refractivity contribution in [2.75, 3.05) is 53.4 Å². The molecule has 8 heteroatoms. The van der Waals surface area contributed by atoms with E-state index >= 15 is 4.39 Å². The normalized spacial score (nSPS) is 19.9.